The van der Waals surface area contributed by atoms with Crippen molar-refractivity contribution < 1.29 is 14.5 Å². The Hall–Kier alpha value is -2.50. The minimum absolute atomic E-state index is 0.0509. The number of hydrogen-bond donors (Lipinski definition) is 1. The molecule has 0 saturated heterocycles. The van der Waals surface area contributed by atoms with Crippen molar-refractivity contribution in [2.75, 3.05) is 0 Å². The van der Waals surface area contributed by atoms with Gasteiger partial charge in [-0.15, -0.1) is 0 Å². The zero-order valence-corrected chi connectivity index (χ0v) is 8.83. The zero-order valence-electron chi connectivity index (χ0n) is 8.83. The summed E-state index contributed by atoms with van der Waals surface area (Å²) in [6.07, 6.45) is 3.60. The Bertz CT molecular complexity index is 494. The second-order valence-electron chi connectivity index (χ2n) is 3.26. The van der Waals surface area contributed by atoms with Crippen LogP contribution in [0, 0.1) is 10.1 Å². The average molecular weight is 234 g/mol. The van der Waals surface area contributed by atoms with Crippen LogP contribution in [0.4, 0.5) is 5.69 Å². The van der Waals surface area contributed by atoms with Gasteiger partial charge in [0.15, 0.2) is 6.29 Å². The van der Waals surface area contributed by atoms with E-state index in [0.717, 1.165) is 0 Å². The molecule has 0 bridgehead atoms. The first-order valence-electron chi connectivity index (χ1n) is 4.73. The molecule has 1 aromatic rings. The van der Waals surface area contributed by atoms with Crippen molar-refractivity contribution in [3.05, 3.63) is 45.5 Å². The summed E-state index contributed by atoms with van der Waals surface area (Å²) in [6, 6.07) is 3.91. The molecule has 0 aliphatic rings. The van der Waals surface area contributed by atoms with Crippen LogP contribution in [-0.2, 0) is 4.79 Å². The molecule has 1 amide bonds. The van der Waals surface area contributed by atoms with E-state index in [1.165, 1.54) is 30.4 Å². The molecule has 0 aromatic heterocycles. The number of nitrogens with zero attached hydrogens (tertiary/aromatic N) is 1. The van der Waals surface area contributed by atoms with Gasteiger partial charge in [-0.25, -0.2) is 0 Å². The number of carbonyl (C=O) groups is 2. The molecule has 17 heavy (non-hydrogen) atoms. The number of carbonyl (C=O) groups excluding carboxylic acids is 2. The molecule has 0 spiro atoms. The number of primary amides is 1. The van der Waals surface area contributed by atoms with E-state index in [0.29, 0.717) is 11.8 Å². The van der Waals surface area contributed by atoms with Gasteiger partial charge in [0.25, 0.3) is 5.69 Å². The van der Waals surface area contributed by atoms with E-state index in [2.05, 4.69) is 0 Å². The van der Waals surface area contributed by atoms with Crippen LogP contribution in [0.2, 0.25) is 0 Å². The number of aldehydes is 1. The minimum Gasteiger partial charge on any atom is -0.369 e. The Morgan fingerprint density at radius 2 is 2.12 bits per heavy atom. The van der Waals surface area contributed by atoms with Crippen molar-refractivity contribution >= 4 is 24.0 Å². The fourth-order valence-electron chi connectivity index (χ4n) is 1.23. The molecule has 0 unspecified atom stereocenters. The highest BCUT2D eigenvalue weighted by Crippen LogP contribution is 2.17. The number of nitro groups is 1. The summed E-state index contributed by atoms with van der Waals surface area (Å²) in [7, 11) is 0. The van der Waals surface area contributed by atoms with Gasteiger partial charge in [0.1, 0.15) is 0 Å². The van der Waals surface area contributed by atoms with Crippen molar-refractivity contribution in [1.82, 2.24) is 0 Å². The maximum absolute atomic E-state index is 10.8. The summed E-state index contributed by atoms with van der Waals surface area (Å²) in [5.74, 6) is -0.490. The minimum atomic E-state index is -0.579. The monoisotopic (exact) mass is 234 g/mol. The lowest BCUT2D eigenvalue weighted by Gasteiger charge is -1.98. The van der Waals surface area contributed by atoms with E-state index in [9.17, 15) is 19.7 Å². The van der Waals surface area contributed by atoms with E-state index in [4.69, 9.17) is 5.73 Å². The van der Waals surface area contributed by atoms with Gasteiger partial charge in [0, 0.05) is 24.1 Å². The molecular formula is C11H10N2O4. The van der Waals surface area contributed by atoms with Gasteiger partial charge in [0.05, 0.1) is 4.92 Å². The summed E-state index contributed by atoms with van der Waals surface area (Å²) in [5.41, 5.74) is 5.49. The molecule has 1 aromatic carbocycles. The van der Waals surface area contributed by atoms with Crippen molar-refractivity contribution in [2.45, 2.75) is 6.42 Å². The van der Waals surface area contributed by atoms with Gasteiger partial charge in [0.2, 0.25) is 5.91 Å². The Morgan fingerprint density at radius 1 is 1.41 bits per heavy atom. The molecule has 0 atom stereocenters. The topological polar surface area (TPSA) is 103 Å². The molecule has 88 valence electrons. The quantitative estimate of drug-likeness (QED) is 0.471. The molecule has 0 saturated carbocycles. The van der Waals surface area contributed by atoms with Crippen molar-refractivity contribution in [3.63, 3.8) is 0 Å². The first kappa shape index (κ1) is 12.6. The van der Waals surface area contributed by atoms with E-state index >= 15 is 0 Å². The maximum atomic E-state index is 10.8. The standard InChI is InChI=1S/C11H10N2O4/c12-11(15)3-1-2-8-4-5-10(13(16)17)6-9(8)7-14/h1-2,4-7H,3H2,(H2,12,15). The van der Waals surface area contributed by atoms with Crippen LogP contribution >= 0.6 is 0 Å². The van der Waals surface area contributed by atoms with Crippen LogP contribution in [0.5, 0.6) is 0 Å². The van der Waals surface area contributed by atoms with Crippen molar-refractivity contribution in [2.24, 2.45) is 5.73 Å². The van der Waals surface area contributed by atoms with Crippen LogP contribution in [0.25, 0.3) is 6.08 Å². The fourth-order valence-corrected chi connectivity index (χ4v) is 1.23. The number of hydrogen-bond acceptors (Lipinski definition) is 4. The molecule has 2 N–H and O–H groups in total. The summed E-state index contributed by atoms with van der Waals surface area (Å²) in [6.45, 7) is 0. The smallest absolute Gasteiger partial charge is 0.270 e. The SMILES string of the molecule is NC(=O)CC=Cc1ccc([N+](=O)[O-])cc1C=O. The van der Waals surface area contributed by atoms with Crippen LogP contribution in [-0.4, -0.2) is 17.1 Å². The Balaban J connectivity index is 3.00. The number of nitrogens with two attached hydrogens (primary N) is 1. The number of amides is 1. The summed E-state index contributed by atoms with van der Waals surface area (Å²) >= 11 is 0. The lowest BCUT2D eigenvalue weighted by molar-refractivity contribution is -0.384. The van der Waals surface area contributed by atoms with Crippen LogP contribution in [0.3, 0.4) is 0 Å². The maximum Gasteiger partial charge on any atom is 0.270 e. The zero-order chi connectivity index (χ0) is 12.8. The van der Waals surface area contributed by atoms with E-state index in [-0.39, 0.29) is 17.7 Å². The molecule has 0 aliphatic carbocycles. The van der Waals surface area contributed by atoms with Crippen molar-refractivity contribution in [3.8, 4) is 0 Å². The molecule has 0 aliphatic heterocycles. The number of nitro benzene ring substituents is 1. The molecule has 0 fully saturated rings. The van der Waals surface area contributed by atoms with Gasteiger partial charge in [-0.2, -0.15) is 0 Å². The van der Waals surface area contributed by atoms with Gasteiger partial charge in [-0.1, -0.05) is 12.2 Å². The summed E-state index contributed by atoms with van der Waals surface area (Å²) in [5, 5.41) is 10.5. The molecule has 6 heteroatoms. The van der Waals surface area contributed by atoms with Gasteiger partial charge in [-0.05, 0) is 11.6 Å². The van der Waals surface area contributed by atoms with Crippen molar-refractivity contribution in [1.29, 1.82) is 0 Å². The second kappa shape index (κ2) is 5.55. The van der Waals surface area contributed by atoms with E-state index in [1.807, 2.05) is 0 Å². The van der Waals surface area contributed by atoms with Crippen LogP contribution in [0.1, 0.15) is 22.3 Å². The fraction of sp³-hybridized carbons (Fsp3) is 0.0909. The Kier molecular flexibility index (Phi) is 4.10. The molecule has 6 nitrogen and oxygen atoms in total. The first-order chi connectivity index (χ1) is 8.04. The highest BCUT2D eigenvalue weighted by atomic mass is 16.6. The highest BCUT2D eigenvalue weighted by molar-refractivity contribution is 5.84. The number of non-ortho nitro benzene ring substituents is 1. The highest BCUT2D eigenvalue weighted by Gasteiger charge is 2.08. The summed E-state index contributed by atoms with van der Waals surface area (Å²) < 4.78 is 0. The first-order valence-corrected chi connectivity index (χ1v) is 4.73. The summed E-state index contributed by atoms with van der Waals surface area (Å²) in [4.78, 5) is 31.2. The third-order valence-electron chi connectivity index (χ3n) is 2.02. The molecular weight excluding hydrogens is 224 g/mol. The molecule has 1 rings (SSSR count). The number of rotatable bonds is 5. The molecule has 0 heterocycles. The van der Waals surface area contributed by atoms with Gasteiger partial charge < -0.3 is 5.73 Å². The van der Waals surface area contributed by atoms with Crippen LogP contribution < -0.4 is 5.73 Å². The van der Waals surface area contributed by atoms with Gasteiger partial charge >= 0.3 is 0 Å². The van der Waals surface area contributed by atoms with Gasteiger partial charge in [-0.3, -0.25) is 19.7 Å². The lowest BCUT2D eigenvalue weighted by atomic mass is 10.1. The third-order valence-corrected chi connectivity index (χ3v) is 2.02. The van der Waals surface area contributed by atoms with E-state index in [1.54, 1.807) is 0 Å². The third kappa shape index (κ3) is 3.53. The van der Waals surface area contributed by atoms with E-state index < -0.39 is 10.8 Å². The normalized spacial score (nSPS) is 10.4. The second-order valence-corrected chi connectivity index (χ2v) is 3.26. The Morgan fingerprint density at radius 3 is 2.65 bits per heavy atom. The number of benzene rings is 1. The lowest BCUT2D eigenvalue weighted by Crippen LogP contribution is -2.07. The predicted octanol–water partition coefficient (Wildman–Crippen LogP) is 1.30. The largest absolute Gasteiger partial charge is 0.369 e. The van der Waals surface area contributed by atoms with Crippen LogP contribution in [0.15, 0.2) is 24.3 Å². The average Bonchev–Trinajstić information content (AvgIpc) is 2.28. The Labute approximate surface area is 96.9 Å². The predicted molar refractivity (Wildman–Crippen MR) is 61.3 cm³/mol. The molecule has 0 radical (unpaired) electrons.